The van der Waals surface area contributed by atoms with Gasteiger partial charge in [0.05, 0.1) is 0 Å². The lowest BCUT2D eigenvalue weighted by Crippen LogP contribution is -1.44. The molecule has 0 bridgehead atoms. The van der Waals surface area contributed by atoms with Gasteiger partial charge in [0.1, 0.15) is 0 Å². The highest BCUT2D eigenvalue weighted by Crippen LogP contribution is 2.32. The number of hydrogen-bond donors (Lipinski definition) is 2. The lowest BCUT2D eigenvalue weighted by molar-refractivity contribution is 0.471. The molecule has 2 aliphatic carbocycles. The molecule has 0 aromatic carbocycles. The van der Waals surface area contributed by atoms with E-state index in [4.69, 9.17) is 10.2 Å². The van der Waals surface area contributed by atoms with Crippen molar-refractivity contribution in [2.75, 3.05) is 0 Å². The highest BCUT2D eigenvalue weighted by molar-refractivity contribution is 5.80. The van der Waals surface area contributed by atoms with E-state index in [1.807, 2.05) is 0 Å². The largest absolute Gasteiger partial charge is 0.460 e. The van der Waals surface area contributed by atoms with Crippen LogP contribution in [-0.4, -0.2) is 10.2 Å². The van der Waals surface area contributed by atoms with Crippen LogP contribution in [0.25, 0.3) is 11.1 Å². The van der Waals surface area contributed by atoms with E-state index in [9.17, 15) is 0 Å². The Bertz CT molecular complexity index is 258. The molecule has 0 radical (unpaired) electrons. The topological polar surface area (TPSA) is 40.5 Å². The Hall–Kier alpha value is -1.62. The summed E-state index contributed by atoms with van der Waals surface area (Å²) in [6.45, 7) is 0. The van der Waals surface area contributed by atoms with Crippen molar-refractivity contribution in [2.45, 2.75) is 0 Å². The quantitative estimate of drug-likeness (QED) is 0.533. The second-order valence-electron chi connectivity index (χ2n) is 1.80. The molecule has 0 aromatic heterocycles. The minimum atomic E-state index is 1.24. The number of aliphatic hydroxyl groups is 2. The van der Waals surface area contributed by atoms with Gasteiger partial charge in [-0.05, 0) is 17.2 Å². The van der Waals surface area contributed by atoms with E-state index in [0.717, 1.165) is 0 Å². The SMILES string of the molecule is OC#CO.c1cc2cc-2c1. The molecule has 0 aliphatic heterocycles. The highest BCUT2D eigenvalue weighted by atomic mass is 16.3. The first kappa shape index (κ1) is 6.50. The molecule has 0 heterocycles. The maximum atomic E-state index is 7.26. The first-order valence-corrected chi connectivity index (χ1v) is 2.77. The van der Waals surface area contributed by atoms with Crippen LogP contribution in [-0.2, 0) is 0 Å². The Morgan fingerprint density at radius 2 is 1.50 bits per heavy atom. The summed E-state index contributed by atoms with van der Waals surface area (Å²) < 4.78 is 0. The van der Waals surface area contributed by atoms with Crippen molar-refractivity contribution in [1.82, 2.24) is 0 Å². The van der Waals surface area contributed by atoms with Crippen molar-refractivity contribution >= 4 is 0 Å². The van der Waals surface area contributed by atoms with Crippen molar-refractivity contribution in [3.05, 3.63) is 24.3 Å². The van der Waals surface area contributed by atoms with Gasteiger partial charge in [-0.1, -0.05) is 18.2 Å². The maximum Gasteiger partial charge on any atom is 0.152 e. The van der Waals surface area contributed by atoms with E-state index in [1.165, 1.54) is 23.3 Å². The van der Waals surface area contributed by atoms with E-state index in [2.05, 4.69) is 24.3 Å². The molecule has 0 atom stereocenters. The monoisotopic (exact) mass is 134 g/mol. The molecule has 0 fully saturated rings. The Morgan fingerprint density at radius 3 is 1.60 bits per heavy atom. The van der Waals surface area contributed by atoms with E-state index in [0.29, 0.717) is 0 Å². The van der Waals surface area contributed by atoms with Gasteiger partial charge in [0.25, 0.3) is 0 Å². The molecule has 0 saturated carbocycles. The molecule has 2 aliphatic rings. The van der Waals surface area contributed by atoms with Gasteiger partial charge < -0.3 is 10.2 Å². The van der Waals surface area contributed by atoms with Gasteiger partial charge in [0.15, 0.2) is 12.2 Å². The summed E-state index contributed by atoms with van der Waals surface area (Å²) in [5, 5.41) is 14.5. The van der Waals surface area contributed by atoms with Crippen molar-refractivity contribution in [3.63, 3.8) is 0 Å². The second kappa shape index (κ2) is 2.79. The van der Waals surface area contributed by atoms with Crippen LogP contribution in [0.2, 0.25) is 0 Å². The Balaban J connectivity index is 0.000000112. The normalized spacial score (nSPS) is 8.00. The van der Waals surface area contributed by atoms with Crippen molar-refractivity contribution in [3.8, 4) is 23.3 Å². The molecule has 0 saturated heterocycles. The van der Waals surface area contributed by atoms with Crippen LogP contribution in [0.1, 0.15) is 0 Å². The summed E-state index contributed by atoms with van der Waals surface area (Å²) in [6.07, 6.45) is 2.47. The summed E-state index contributed by atoms with van der Waals surface area (Å²) in [5.41, 5.74) is 2.85. The zero-order valence-electron chi connectivity index (χ0n) is 5.20. The van der Waals surface area contributed by atoms with Crippen LogP contribution in [0.4, 0.5) is 0 Å². The second-order valence-corrected chi connectivity index (χ2v) is 1.80. The molecule has 2 rings (SSSR count). The Morgan fingerprint density at radius 1 is 1.00 bits per heavy atom. The summed E-state index contributed by atoms with van der Waals surface area (Å²) in [7, 11) is 0. The van der Waals surface area contributed by atoms with Gasteiger partial charge in [-0.15, -0.1) is 0 Å². The zero-order valence-corrected chi connectivity index (χ0v) is 5.20. The maximum absolute atomic E-state index is 7.26. The summed E-state index contributed by atoms with van der Waals surface area (Å²) >= 11 is 0. The van der Waals surface area contributed by atoms with Crippen LogP contribution in [0, 0.1) is 12.2 Å². The Labute approximate surface area is 58.7 Å². The number of benzene rings is 1. The van der Waals surface area contributed by atoms with Crippen molar-refractivity contribution in [2.24, 2.45) is 0 Å². The van der Waals surface area contributed by atoms with Crippen LogP contribution in [0.15, 0.2) is 24.3 Å². The standard InChI is InChI=1S/C6H4.C2H2O2/c1-2-5-4-6(5)3-1;3-1-2-4/h1-4H;3-4H. The predicted molar refractivity (Wildman–Crippen MR) is 37.1 cm³/mol. The van der Waals surface area contributed by atoms with Crippen LogP contribution in [0.3, 0.4) is 0 Å². The van der Waals surface area contributed by atoms with Crippen molar-refractivity contribution in [1.29, 1.82) is 0 Å². The van der Waals surface area contributed by atoms with Gasteiger partial charge in [0.2, 0.25) is 0 Å². The average Bonchev–Trinajstić information content (AvgIpc) is 2.60. The number of fused-ring (bicyclic) bond motifs is 1. The molecule has 50 valence electrons. The van der Waals surface area contributed by atoms with Gasteiger partial charge in [-0.2, -0.15) is 0 Å². The molecule has 2 heteroatoms. The number of aliphatic hydroxyl groups excluding tert-OH is 2. The molecular formula is C8H6O2. The molecule has 2 nitrogen and oxygen atoms in total. The van der Waals surface area contributed by atoms with Crippen molar-refractivity contribution < 1.29 is 10.2 Å². The number of rotatable bonds is 0. The third-order valence-electron chi connectivity index (χ3n) is 1.16. The summed E-state index contributed by atoms with van der Waals surface area (Å²) in [5.74, 6) is 0. The minimum absolute atomic E-state index is 1.24. The van der Waals surface area contributed by atoms with Crippen LogP contribution >= 0.6 is 0 Å². The van der Waals surface area contributed by atoms with Crippen LogP contribution < -0.4 is 0 Å². The molecule has 10 heavy (non-hydrogen) atoms. The van der Waals surface area contributed by atoms with Gasteiger partial charge in [-0.25, -0.2) is 0 Å². The van der Waals surface area contributed by atoms with Gasteiger partial charge >= 0.3 is 0 Å². The Kier molecular flexibility index (Phi) is 1.81. The van der Waals surface area contributed by atoms with E-state index in [1.54, 1.807) is 0 Å². The third-order valence-corrected chi connectivity index (χ3v) is 1.16. The molecule has 0 unspecified atom stereocenters. The summed E-state index contributed by atoms with van der Waals surface area (Å²) in [4.78, 5) is 0. The van der Waals surface area contributed by atoms with E-state index >= 15 is 0 Å². The first-order valence-electron chi connectivity index (χ1n) is 2.77. The predicted octanol–water partition coefficient (Wildman–Crippen LogP) is 1.32. The van der Waals surface area contributed by atoms with E-state index < -0.39 is 0 Å². The number of hydrogen-bond acceptors (Lipinski definition) is 2. The molecular weight excluding hydrogens is 128 g/mol. The first-order chi connectivity index (χ1) is 4.88. The van der Waals surface area contributed by atoms with E-state index in [-0.39, 0.29) is 0 Å². The fourth-order valence-corrected chi connectivity index (χ4v) is 0.676. The van der Waals surface area contributed by atoms with Crippen LogP contribution in [0.5, 0.6) is 0 Å². The average molecular weight is 134 g/mol. The molecule has 2 N–H and O–H groups in total. The molecule has 0 aromatic rings. The fourth-order valence-electron chi connectivity index (χ4n) is 0.676. The minimum Gasteiger partial charge on any atom is -0.460 e. The highest BCUT2D eigenvalue weighted by Gasteiger charge is 2.06. The zero-order chi connectivity index (χ0) is 7.40. The molecule has 0 amide bonds. The lowest BCUT2D eigenvalue weighted by Gasteiger charge is -1.48. The fraction of sp³-hybridized carbons (Fsp3) is 0. The summed E-state index contributed by atoms with van der Waals surface area (Å²) in [6, 6.07) is 8.48. The lowest BCUT2D eigenvalue weighted by atomic mass is 10.6. The van der Waals surface area contributed by atoms with Gasteiger partial charge in [-0.3, -0.25) is 0 Å². The van der Waals surface area contributed by atoms with Gasteiger partial charge in [0, 0.05) is 0 Å². The smallest absolute Gasteiger partial charge is 0.152 e. The molecule has 0 spiro atoms. The third kappa shape index (κ3) is 1.43.